The van der Waals surface area contributed by atoms with E-state index in [1.54, 1.807) is 6.92 Å². The number of nitrogens with zero attached hydrogens (tertiary/aromatic N) is 1. The van der Waals surface area contributed by atoms with Gasteiger partial charge in [-0.1, -0.05) is 19.9 Å². The van der Waals surface area contributed by atoms with Gasteiger partial charge in [-0.2, -0.15) is 0 Å². The van der Waals surface area contributed by atoms with Gasteiger partial charge in [-0.25, -0.2) is 8.78 Å². The van der Waals surface area contributed by atoms with Gasteiger partial charge < -0.3 is 10.2 Å². The fourth-order valence-corrected chi connectivity index (χ4v) is 2.94. The van der Waals surface area contributed by atoms with E-state index in [1.807, 2.05) is 11.8 Å². The van der Waals surface area contributed by atoms with Gasteiger partial charge in [0.2, 0.25) is 0 Å². The highest BCUT2D eigenvalue weighted by atomic mass is 19.1. The van der Waals surface area contributed by atoms with Crippen LogP contribution in [0.5, 0.6) is 0 Å². The number of piperazine rings is 1. The first-order chi connectivity index (χ1) is 9.44. The molecule has 20 heavy (non-hydrogen) atoms. The Bertz CT molecular complexity index is 484. The highest BCUT2D eigenvalue weighted by Gasteiger charge is 2.37. The van der Waals surface area contributed by atoms with Gasteiger partial charge in [0, 0.05) is 24.7 Å². The van der Waals surface area contributed by atoms with Crippen molar-refractivity contribution in [2.45, 2.75) is 52.1 Å². The molecule has 1 aromatic rings. The number of hydrogen-bond donors (Lipinski definition) is 1. The second kappa shape index (κ2) is 5.68. The lowest BCUT2D eigenvalue weighted by molar-refractivity contribution is 0.251. The van der Waals surface area contributed by atoms with Crippen molar-refractivity contribution in [1.29, 1.82) is 0 Å². The van der Waals surface area contributed by atoms with Gasteiger partial charge in [0.05, 0.1) is 0 Å². The molecule has 4 heteroatoms. The van der Waals surface area contributed by atoms with Crippen LogP contribution >= 0.6 is 0 Å². The standard InChI is InChI=1S/C16H24F2N2/c1-5-16(6-2)10-20(12(4)9-19-16)15-13(17)8-7-11(3)14(15)18/h7-8,12,19H,5-6,9-10H2,1-4H3. The Labute approximate surface area is 120 Å². The third-order valence-electron chi connectivity index (χ3n) is 4.68. The molecule has 1 unspecified atom stereocenters. The van der Waals surface area contributed by atoms with E-state index in [9.17, 15) is 8.78 Å². The van der Waals surface area contributed by atoms with Crippen molar-refractivity contribution in [3.05, 3.63) is 29.3 Å². The van der Waals surface area contributed by atoms with E-state index >= 15 is 0 Å². The molecule has 0 bridgehead atoms. The molecule has 1 aliphatic heterocycles. The van der Waals surface area contributed by atoms with Crippen molar-refractivity contribution in [2.24, 2.45) is 0 Å². The molecule has 1 heterocycles. The molecule has 1 atom stereocenters. The molecule has 112 valence electrons. The van der Waals surface area contributed by atoms with E-state index in [4.69, 9.17) is 0 Å². The van der Waals surface area contributed by atoms with Crippen molar-refractivity contribution < 1.29 is 8.78 Å². The van der Waals surface area contributed by atoms with Gasteiger partial charge in [-0.05, 0) is 38.3 Å². The molecule has 1 aromatic carbocycles. The number of nitrogens with one attached hydrogen (secondary N) is 1. The van der Waals surface area contributed by atoms with Gasteiger partial charge in [0.25, 0.3) is 0 Å². The summed E-state index contributed by atoms with van der Waals surface area (Å²) in [5.41, 5.74) is 0.561. The van der Waals surface area contributed by atoms with Crippen LogP contribution < -0.4 is 10.2 Å². The van der Waals surface area contributed by atoms with Crippen LogP contribution in [0.3, 0.4) is 0 Å². The summed E-state index contributed by atoms with van der Waals surface area (Å²) in [5, 5.41) is 3.55. The summed E-state index contributed by atoms with van der Waals surface area (Å²) >= 11 is 0. The summed E-state index contributed by atoms with van der Waals surface area (Å²) in [7, 11) is 0. The Morgan fingerprint density at radius 2 is 1.95 bits per heavy atom. The van der Waals surface area contributed by atoms with Gasteiger partial charge in [-0.15, -0.1) is 0 Å². The number of benzene rings is 1. The first kappa shape index (κ1) is 15.2. The van der Waals surface area contributed by atoms with E-state index in [2.05, 4.69) is 19.2 Å². The van der Waals surface area contributed by atoms with Crippen LogP contribution in [0.1, 0.15) is 39.2 Å². The summed E-state index contributed by atoms with van der Waals surface area (Å²) in [6.07, 6.45) is 1.89. The Balaban J connectivity index is 2.42. The highest BCUT2D eigenvalue weighted by Crippen LogP contribution is 2.32. The number of anilines is 1. The predicted octanol–water partition coefficient (Wildman–Crippen LogP) is 3.63. The molecule has 0 amide bonds. The van der Waals surface area contributed by atoms with E-state index in [1.165, 1.54) is 12.1 Å². The normalized spacial score (nSPS) is 22.1. The quantitative estimate of drug-likeness (QED) is 0.910. The number of rotatable bonds is 3. The summed E-state index contributed by atoms with van der Waals surface area (Å²) in [5.74, 6) is -0.900. The van der Waals surface area contributed by atoms with E-state index in [0.717, 1.165) is 19.4 Å². The Morgan fingerprint density at radius 3 is 2.55 bits per heavy atom. The monoisotopic (exact) mass is 282 g/mol. The molecule has 1 N–H and O–H groups in total. The molecule has 0 radical (unpaired) electrons. The zero-order valence-corrected chi connectivity index (χ0v) is 12.8. The number of aryl methyl sites for hydroxylation is 1. The topological polar surface area (TPSA) is 15.3 Å². The fourth-order valence-electron chi connectivity index (χ4n) is 2.94. The minimum absolute atomic E-state index is 0.0604. The Hall–Kier alpha value is -1.16. The molecule has 1 aliphatic rings. The van der Waals surface area contributed by atoms with Crippen molar-refractivity contribution in [2.75, 3.05) is 18.0 Å². The first-order valence-corrected chi connectivity index (χ1v) is 7.40. The molecular weight excluding hydrogens is 258 g/mol. The third-order valence-corrected chi connectivity index (χ3v) is 4.68. The molecular formula is C16H24F2N2. The minimum Gasteiger partial charge on any atom is -0.361 e. The van der Waals surface area contributed by atoms with Gasteiger partial charge in [0.1, 0.15) is 11.5 Å². The lowest BCUT2D eigenvalue weighted by atomic mass is 9.88. The van der Waals surface area contributed by atoms with Crippen LogP contribution in [-0.2, 0) is 0 Å². The van der Waals surface area contributed by atoms with Crippen LogP contribution in [-0.4, -0.2) is 24.7 Å². The minimum atomic E-state index is -0.469. The summed E-state index contributed by atoms with van der Waals surface area (Å²) < 4.78 is 28.5. The number of halogens is 2. The summed E-state index contributed by atoms with van der Waals surface area (Å²) in [6, 6.07) is 2.93. The van der Waals surface area contributed by atoms with Gasteiger partial charge >= 0.3 is 0 Å². The predicted molar refractivity (Wildman–Crippen MR) is 79.2 cm³/mol. The van der Waals surface area contributed by atoms with Crippen LogP contribution in [0.2, 0.25) is 0 Å². The van der Waals surface area contributed by atoms with E-state index < -0.39 is 11.6 Å². The highest BCUT2D eigenvalue weighted by molar-refractivity contribution is 5.53. The average Bonchev–Trinajstić information content (AvgIpc) is 2.46. The second-order valence-electron chi connectivity index (χ2n) is 5.87. The van der Waals surface area contributed by atoms with E-state index in [0.29, 0.717) is 12.1 Å². The Kier molecular flexibility index (Phi) is 4.33. The second-order valence-corrected chi connectivity index (χ2v) is 5.87. The maximum atomic E-state index is 14.4. The van der Waals surface area contributed by atoms with Crippen molar-refractivity contribution in [1.82, 2.24) is 5.32 Å². The largest absolute Gasteiger partial charge is 0.361 e. The number of hydrogen-bond acceptors (Lipinski definition) is 2. The van der Waals surface area contributed by atoms with Crippen molar-refractivity contribution in [3.63, 3.8) is 0 Å². The molecule has 2 rings (SSSR count). The summed E-state index contributed by atoms with van der Waals surface area (Å²) in [6.45, 7) is 9.30. The molecule has 0 saturated carbocycles. The van der Waals surface area contributed by atoms with Crippen LogP contribution in [0.15, 0.2) is 12.1 Å². The molecule has 0 spiro atoms. The van der Waals surface area contributed by atoms with Crippen molar-refractivity contribution >= 4 is 5.69 Å². The molecule has 1 saturated heterocycles. The van der Waals surface area contributed by atoms with Crippen LogP contribution in [0.4, 0.5) is 14.5 Å². The van der Waals surface area contributed by atoms with E-state index in [-0.39, 0.29) is 17.3 Å². The van der Waals surface area contributed by atoms with Crippen LogP contribution in [0, 0.1) is 18.6 Å². The lowest BCUT2D eigenvalue weighted by Gasteiger charge is -2.47. The molecule has 0 aromatic heterocycles. The van der Waals surface area contributed by atoms with Crippen LogP contribution in [0.25, 0.3) is 0 Å². The smallest absolute Gasteiger partial charge is 0.152 e. The first-order valence-electron chi connectivity index (χ1n) is 7.40. The fraction of sp³-hybridized carbons (Fsp3) is 0.625. The molecule has 1 fully saturated rings. The maximum Gasteiger partial charge on any atom is 0.152 e. The van der Waals surface area contributed by atoms with Crippen molar-refractivity contribution in [3.8, 4) is 0 Å². The zero-order valence-electron chi connectivity index (χ0n) is 12.8. The molecule has 0 aliphatic carbocycles. The molecule has 2 nitrogen and oxygen atoms in total. The van der Waals surface area contributed by atoms with Gasteiger partial charge in [0.15, 0.2) is 5.82 Å². The lowest BCUT2D eigenvalue weighted by Crippen LogP contribution is -2.63. The summed E-state index contributed by atoms with van der Waals surface area (Å²) in [4.78, 5) is 1.89. The van der Waals surface area contributed by atoms with Gasteiger partial charge in [-0.3, -0.25) is 0 Å². The third kappa shape index (κ3) is 2.53. The average molecular weight is 282 g/mol. The maximum absolute atomic E-state index is 14.4. The Morgan fingerprint density at radius 1 is 1.30 bits per heavy atom. The SMILES string of the molecule is CCC1(CC)CN(c2c(F)ccc(C)c2F)C(C)CN1. The zero-order chi connectivity index (χ0) is 14.9.